The Labute approximate surface area is 76.7 Å². The fourth-order valence-electron chi connectivity index (χ4n) is 2.52. The zero-order valence-corrected chi connectivity index (χ0v) is 7.50. The first-order valence-electron chi connectivity index (χ1n) is 4.88. The maximum atomic E-state index is 4.13. The third-order valence-electron chi connectivity index (χ3n) is 3.28. The van der Waals surface area contributed by atoms with E-state index in [9.17, 15) is 0 Å². The second-order valence-corrected chi connectivity index (χ2v) is 3.96. The highest BCUT2D eigenvalue weighted by Crippen LogP contribution is 2.34. The molecule has 5 heteroatoms. The first kappa shape index (κ1) is 7.44. The molecule has 5 nitrogen and oxygen atoms in total. The number of nitrogens with zero attached hydrogens (tertiary/aromatic N) is 5. The molecule has 1 aromatic rings. The van der Waals surface area contributed by atoms with Crippen molar-refractivity contribution < 1.29 is 0 Å². The summed E-state index contributed by atoms with van der Waals surface area (Å²) in [6.07, 6.45) is 4.12. The van der Waals surface area contributed by atoms with Crippen molar-refractivity contribution in [3.63, 3.8) is 0 Å². The van der Waals surface area contributed by atoms with E-state index in [0.717, 1.165) is 12.5 Å². The number of aromatic nitrogens is 4. The summed E-state index contributed by atoms with van der Waals surface area (Å²) in [5, 5.41) is 11.9. The number of tetrazole rings is 1. The molecular weight excluding hydrogens is 166 g/mol. The van der Waals surface area contributed by atoms with Gasteiger partial charge < -0.3 is 4.90 Å². The number of piperidine rings is 3. The maximum absolute atomic E-state index is 4.13. The van der Waals surface area contributed by atoms with E-state index in [1.54, 1.807) is 4.80 Å². The van der Waals surface area contributed by atoms with Gasteiger partial charge in [-0.05, 0) is 37.1 Å². The van der Waals surface area contributed by atoms with Gasteiger partial charge in [-0.3, -0.25) is 0 Å². The lowest BCUT2D eigenvalue weighted by Gasteiger charge is -2.43. The van der Waals surface area contributed by atoms with Crippen molar-refractivity contribution in [3.05, 3.63) is 6.33 Å². The summed E-state index contributed by atoms with van der Waals surface area (Å²) < 4.78 is 0. The van der Waals surface area contributed by atoms with E-state index >= 15 is 0 Å². The lowest BCUT2D eigenvalue weighted by Crippen LogP contribution is -2.48. The van der Waals surface area contributed by atoms with Crippen LogP contribution in [0.2, 0.25) is 0 Å². The molecule has 0 radical (unpaired) electrons. The molecule has 70 valence electrons. The smallest absolute Gasteiger partial charge is 0.162 e. The van der Waals surface area contributed by atoms with Crippen molar-refractivity contribution in [1.82, 2.24) is 25.1 Å². The molecule has 3 aliphatic heterocycles. The summed E-state index contributed by atoms with van der Waals surface area (Å²) in [7, 11) is 0. The van der Waals surface area contributed by atoms with E-state index in [4.69, 9.17) is 0 Å². The topological polar surface area (TPSA) is 46.8 Å². The summed E-state index contributed by atoms with van der Waals surface area (Å²) in [6, 6.07) is 0.477. The molecular formula is C8H13N5. The summed E-state index contributed by atoms with van der Waals surface area (Å²) in [6.45, 7) is 3.63. The molecule has 4 heterocycles. The van der Waals surface area contributed by atoms with Crippen LogP contribution < -0.4 is 0 Å². The Hall–Kier alpha value is -0.970. The quantitative estimate of drug-likeness (QED) is 0.606. The first-order chi connectivity index (χ1) is 6.43. The molecule has 1 aromatic heterocycles. The van der Waals surface area contributed by atoms with Gasteiger partial charge in [0.25, 0.3) is 0 Å². The van der Waals surface area contributed by atoms with Crippen LogP contribution >= 0.6 is 0 Å². The van der Waals surface area contributed by atoms with Crippen LogP contribution in [0.4, 0.5) is 0 Å². The molecule has 1 atom stereocenters. The van der Waals surface area contributed by atoms with Crippen LogP contribution in [-0.2, 0) is 0 Å². The van der Waals surface area contributed by atoms with Crippen LogP contribution in [-0.4, -0.2) is 44.7 Å². The molecule has 3 aliphatic rings. The lowest BCUT2D eigenvalue weighted by molar-refractivity contribution is 0.0435. The maximum Gasteiger partial charge on any atom is 0.162 e. The zero-order valence-electron chi connectivity index (χ0n) is 7.50. The summed E-state index contributed by atoms with van der Waals surface area (Å²) in [5.41, 5.74) is 0. The second kappa shape index (κ2) is 2.77. The van der Waals surface area contributed by atoms with Gasteiger partial charge in [0, 0.05) is 6.54 Å². The van der Waals surface area contributed by atoms with Crippen LogP contribution in [0.5, 0.6) is 0 Å². The third kappa shape index (κ3) is 1.14. The lowest BCUT2D eigenvalue weighted by atomic mass is 9.84. The van der Waals surface area contributed by atoms with Crippen LogP contribution in [0.15, 0.2) is 6.33 Å². The van der Waals surface area contributed by atoms with Gasteiger partial charge in [-0.25, -0.2) is 0 Å². The van der Waals surface area contributed by atoms with Crippen molar-refractivity contribution >= 4 is 0 Å². The molecule has 2 bridgehead atoms. The number of hydrogen-bond acceptors (Lipinski definition) is 4. The van der Waals surface area contributed by atoms with Gasteiger partial charge in [-0.1, -0.05) is 0 Å². The van der Waals surface area contributed by atoms with Crippen molar-refractivity contribution in [2.45, 2.75) is 18.9 Å². The van der Waals surface area contributed by atoms with Gasteiger partial charge in [-0.15, -0.1) is 10.2 Å². The minimum Gasteiger partial charge on any atom is -0.301 e. The normalized spacial score (nSPS) is 38.0. The Morgan fingerprint density at radius 2 is 2.08 bits per heavy atom. The Morgan fingerprint density at radius 1 is 1.23 bits per heavy atom. The zero-order chi connectivity index (χ0) is 8.67. The molecule has 0 aromatic carbocycles. The van der Waals surface area contributed by atoms with E-state index in [-0.39, 0.29) is 0 Å². The molecule has 0 N–H and O–H groups in total. The van der Waals surface area contributed by atoms with E-state index in [1.807, 2.05) is 0 Å². The average molecular weight is 179 g/mol. The Bertz CT molecular complexity index is 275. The van der Waals surface area contributed by atoms with Crippen molar-refractivity contribution in [2.24, 2.45) is 5.92 Å². The van der Waals surface area contributed by atoms with Crippen molar-refractivity contribution in [2.75, 3.05) is 19.6 Å². The Morgan fingerprint density at radius 3 is 2.62 bits per heavy atom. The van der Waals surface area contributed by atoms with E-state index in [2.05, 4.69) is 20.3 Å². The molecule has 3 fully saturated rings. The molecule has 13 heavy (non-hydrogen) atoms. The molecule has 0 saturated carbocycles. The minimum absolute atomic E-state index is 0.477. The summed E-state index contributed by atoms with van der Waals surface area (Å²) in [5.74, 6) is 0.777. The van der Waals surface area contributed by atoms with E-state index in [0.29, 0.717) is 6.04 Å². The highest BCUT2D eigenvalue weighted by molar-refractivity contribution is 4.87. The minimum atomic E-state index is 0.477. The van der Waals surface area contributed by atoms with Gasteiger partial charge in [0.05, 0.1) is 6.04 Å². The molecule has 4 rings (SSSR count). The third-order valence-corrected chi connectivity index (χ3v) is 3.28. The molecule has 1 unspecified atom stereocenters. The van der Waals surface area contributed by atoms with Gasteiger partial charge in [-0.2, -0.15) is 4.80 Å². The number of hydrogen-bond donors (Lipinski definition) is 0. The molecule has 0 aliphatic carbocycles. The van der Waals surface area contributed by atoms with Crippen molar-refractivity contribution in [3.8, 4) is 0 Å². The SMILES string of the molecule is c1nnn(C2CN3CCC2CC3)n1. The van der Waals surface area contributed by atoms with Gasteiger partial charge in [0.15, 0.2) is 6.33 Å². The van der Waals surface area contributed by atoms with Gasteiger partial charge in [0.2, 0.25) is 0 Å². The Balaban J connectivity index is 1.85. The fourth-order valence-corrected chi connectivity index (χ4v) is 2.52. The summed E-state index contributed by atoms with van der Waals surface area (Å²) in [4.78, 5) is 4.28. The molecule has 3 saturated heterocycles. The monoisotopic (exact) mass is 179 g/mol. The molecule has 0 amide bonds. The summed E-state index contributed by atoms with van der Waals surface area (Å²) >= 11 is 0. The first-order valence-corrected chi connectivity index (χ1v) is 4.88. The highest BCUT2D eigenvalue weighted by atomic mass is 15.6. The van der Waals surface area contributed by atoms with Crippen molar-refractivity contribution in [1.29, 1.82) is 0 Å². The largest absolute Gasteiger partial charge is 0.301 e. The molecule has 0 spiro atoms. The van der Waals surface area contributed by atoms with E-state index in [1.165, 1.54) is 32.3 Å². The van der Waals surface area contributed by atoms with Gasteiger partial charge >= 0.3 is 0 Å². The van der Waals surface area contributed by atoms with Crippen LogP contribution in [0.1, 0.15) is 18.9 Å². The van der Waals surface area contributed by atoms with Crippen LogP contribution in [0, 0.1) is 5.92 Å². The van der Waals surface area contributed by atoms with E-state index < -0.39 is 0 Å². The van der Waals surface area contributed by atoms with Crippen LogP contribution in [0.25, 0.3) is 0 Å². The highest BCUT2D eigenvalue weighted by Gasteiger charge is 2.36. The predicted molar refractivity (Wildman–Crippen MR) is 46.0 cm³/mol. The van der Waals surface area contributed by atoms with Crippen LogP contribution in [0.3, 0.4) is 0 Å². The standard InChI is InChI=1S/C8H13N5/c1-3-12-4-2-7(1)8(5-12)13-10-6-9-11-13/h6-8H,1-5H2. The van der Waals surface area contributed by atoms with Gasteiger partial charge in [0.1, 0.15) is 0 Å². The average Bonchev–Trinajstić information content (AvgIpc) is 2.72. The fraction of sp³-hybridized carbons (Fsp3) is 0.875. The Kier molecular flexibility index (Phi) is 1.58. The number of fused-ring (bicyclic) bond motifs is 3. The second-order valence-electron chi connectivity index (χ2n) is 3.96. The number of rotatable bonds is 1. The predicted octanol–water partition coefficient (Wildman–Crippen LogP) is -0.0602.